The predicted octanol–water partition coefficient (Wildman–Crippen LogP) is 1.37. The van der Waals surface area contributed by atoms with Gasteiger partial charge in [0.1, 0.15) is 6.54 Å². The Morgan fingerprint density at radius 2 is 1.85 bits per heavy atom. The van der Waals surface area contributed by atoms with Gasteiger partial charge in [0.15, 0.2) is 5.84 Å². The number of likely N-dealkylation sites (tertiary alicyclic amines) is 3. The van der Waals surface area contributed by atoms with Crippen LogP contribution >= 0.6 is 0 Å². The standard InChI is InChI=1S/C25H40N8O/c1-4-6-22(11-21(27)8-7-20(26)5-2)32-15-25(16-32)17-33(18-25)23(30-28)12-29-13-24(34)31-10-9-19(3)14-31/h4,6-7,11-12,19H,1,5,8-10,13-18,26-28H2,2-3H3/b20-7-,21-11+,22-6+,29-12?,30-23+. The van der Waals surface area contributed by atoms with Gasteiger partial charge in [0.25, 0.3) is 0 Å². The van der Waals surface area contributed by atoms with Gasteiger partial charge in [0.05, 0.1) is 6.21 Å². The summed E-state index contributed by atoms with van der Waals surface area (Å²) in [6, 6.07) is 0. The molecule has 0 aliphatic carbocycles. The van der Waals surface area contributed by atoms with Crippen molar-refractivity contribution in [1.29, 1.82) is 0 Å². The molecule has 3 heterocycles. The Labute approximate surface area is 203 Å². The van der Waals surface area contributed by atoms with Crippen LogP contribution in [0.3, 0.4) is 0 Å². The summed E-state index contributed by atoms with van der Waals surface area (Å²) in [5.74, 6) is 6.87. The second kappa shape index (κ2) is 11.3. The van der Waals surface area contributed by atoms with Crippen LogP contribution in [0.1, 0.15) is 33.1 Å². The van der Waals surface area contributed by atoms with Crippen LogP contribution in [-0.2, 0) is 4.79 Å². The number of nitrogens with two attached hydrogens (primary N) is 3. The van der Waals surface area contributed by atoms with Gasteiger partial charge in [-0.1, -0.05) is 32.6 Å². The van der Waals surface area contributed by atoms with Gasteiger partial charge in [-0.05, 0) is 30.9 Å². The fraction of sp³-hybridized carbons (Fsp3) is 0.560. The lowest BCUT2D eigenvalue weighted by Gasteiger charge is -2.61. The molecule has 3 fully saturated rings. The minimum Gasteiger partial charge on any atom is -0.402 e. The van der Waals surface area contributed by atoms with Crippen molar-refractivity contribution < 1.29 is 4.79 Å². The third-order valence-corrected chi connectivity index (χ3v) is 6.77. The summed E-state index contributed by atoms with van der Waals surface area (Å²) in [5.41, 5.74) is 15.0. The van der Waals surface area contributed by atoms with Crippen molar-refractivity contribution in [2.45, 2.75) is 33.1 Å². The second-order valence-corrected chi connectivity index (χ2v) is 9.79. The van der Waals surface area contributed by atoms with Crippen molar-refractivity contribution in [3.05, 3.63) is 48.0 Å². The molecule has 186 valence electrons. The van der Waals surface area contributed by atoms with Crippen molar-refractivity contribution in [3.63, 3.8) is 0 Å². The zero-order chi connectivity index (χ0) is 24.7. The molecule has 6 N–H and O–H groups in total. The molecule has 9 heteroatoms. The summed E-state index contributed by atoms with van der Waals surface area (Å²) in [6.07, 6.45) is 11.9. The molecule has 0 aromatic heterocycles. The highest BCUT2D eigenvalue weighted by atomic mass is 16.2. The highest BCUT2D eigenvalue weighted by molar-refractivity contribution is 6.29. The van der Waals surface area contributed by atoms with Crippen molar-refractivity contribution in [3.8, 4) is 0 Å². The SMILES string of the molecule is C=C/C=C(\C=C(\N)C/C=C(\N)CC)N1CC2(C1)CN(/C(C=NCC(=O)N1CCC(C)C1)=N/N)C2. The average Bonchev–Trinajstić information content (AvgIpc) is 3.20. The van der Waals surface area contributed by atoms with Gasteiger partial charge in [-0.25, -0.2) is 0 Å². The number of carbonyl (C=O) groups excluding carboxylic acids is 1. The summed E-state index contributed by atoms with van der Waals surface area (Å²) in [5, 5.41) is 3.89. The number of amides is 1. The number of hydrazone groups is 1. The highest BCUT2D eigenvalue weighted by Crippen LogP contribution is 2.41. The van der Waals surface area contributed by atoms with Crippen LogP contribution in [0.2, 0.25) is 0 Å². The summed E-state index contributed by atoms with van der Waals surface area (Å²) >= 11 is 0. The van der Waals surface area contributed by atoms with E-state index in [0.29, 0.717) is 18.2 Å². The third-order valence-electron chi connectivity index (χ3n) is 6.77. The number of rotatable bonds is 9. The van der Waals surface area contributed by atoms with Gasteiger partial charge in [-0.2, -0.15) is 5.10 Å². The topological polar surface area (TPSA) is 130 Å². The van der Waals surface area contributed by atoms with Crippen molar-refractivity contribution >= 4 is 18.0 Å². The van der Waals surface area contributed by atoms with Crippen LogP contribution in [0, 0.1) is 11.3 Å². The number of hydrogen-bond donors (Lipinski definition) is 3. The summed E-state index contributed by atoms with van der Waals surface area (Å²) < 4.78 is 0. The maximum Gasteiger partial charge on any atom is 0.244 e. The van der Waals surface area contributed by atoms with E-state index in [1.807, 2.05) is 30.1 Å². The molecule has 34 heavy (non-hydrogen) atoms. The molecule has 3 aliphatic heterocycles. The van der Waals surface area contributed by atoms with Crippen molar-refractivity contribution in [2.75, 3.05) is 45.8 Å². The molecule has 3 aliphatic rings. The van der Waals surface area contributed by atoms with E-state index in [1.165, 1.54) is 0 Å². The first-order valence-corrected chi connectivity index (χ1v) is 12.1. The molecule has 3 rings (SSSR count). The van der Waals surface area contributed by atoms with Crippen molar-refractivity contribution in [2.24, 2.45) is 38.7 Å². The maximum absolute atomic E-state index is 12.3. The Hall–Kier alpha value is -3.23. The lowest BCUT2D eigenvalue weighted by Crippen LogP contribution is -2.72. The Bertz CT molecular complexity index is 902. The first-order chi connectivity index (χ1) is 16.3. The first kappa shape index (κ1) is 25.4. The highest BCUT2D eigenvalue weighted by Gasteiger charge is 2.52. The van der Waals surface area contributed by atoms with Crippen LogP contribution in [0.25, 0.3) is 0 Å². The van der Waals surface area contributed by atoms with E-state index >= 15 is 0 Å². The molecule has 0 saturated carbocycles. The summed E-state index contributed by atoms with van der Waals surface area (Å²) in [7, 11) is 0. The lowest BCUT2D eigenvalue weighted by molar-refractivity contribution is -0.128. The molecule has 0 radical (unpaired) electrons. The molecule has 0 aromatic carbocycles. The molecule has 0 bridgehead atoms. The smallest absolute Gasteiger partial charge is 0.244 e. The Morgan fingerprint density at radius 1 is 1.15 bits per heavy atom. The second-order valence-electron chi connectivity index (χ2n) is 9.79. The normalized spacial score (nSPS) is 23.5. The first-order valence-electron chi connectivity index (χ1n) is 12.1. The van der Waals surface area contributed by atoms with Crippen LogP contribution in [0.5, 0.6) is 0 Å². The van der Waals surface area contributed by atoms with Gasteiger partial charge in [-0.3, -0.25) is 9.79 Å². The Kier molecular flexibility index (Phi) is 8.41. The Morgan fingerprint density at radius 3 is 2.44 bits per heavy atom. The maximum atomic E-state index is 12.3. The molecule has 1 spiro atoms. The minimum atomic E-state index is 0.0634. The fourth-order valence-electron chi connectivity index (χ4n) is 4.74. The van der Waals surface area contributed by atoms with Crippen LogP contribution in [-0.4, -0.2) is 78.5 Å². The minimum absolute atomic E-state index is 0.0634. The summed E-state index contributed by atoms with van der Waals surface area (Å²) in [4.78, 5) is 22.9. The largest absolute Gasteiger partial charge is 0.402 e. The molecule has 0 aromatic rings. The van der Waals surface area contributed by atoms with Gasteiger partial charge in [-0.15, -0.1) is 0 Å². The molecular weight excluding hydrogens is 428 g/mol. The van der Waals surface area contributed by atoms with E-state index in [1.54, 1.807) is 12.3 Å². The molecule has 9 nitrogen and oxygen atoms in total. The third kappa shape index (κ3) is 6.21. The lowest BCUT2D eigenvalue weighted by atomic mass is 9.72. The monoisotopic (exact) mass is 468 g/mol. The van der Waals surface area contributed by atoms with E-state index in [2.05, 4.69) is 33.4 Å². The van der Waals surface area contributed by atoms with E-state index < -0.39 is 0 Å². The zero-order valence-electron chi connectivity index (χ0n) is 20.6. The van der Waals surface area contributed by atoms with Gasteiger partial charge < -0.3 is 32.0 Å². The van der Waals surface area contributed by atoms with E-state index in [9.17, 15) is 4.79 Å². The molecule has 3 saturated heterocycles. The molecule has 1 atom stereocenters. The quantitative estimate of drug-likeness (QED) is 0.154. The van der Waals surface area contributed by atoms with E-state index in [0.717, 1.165) is 69.2 Å². The van der Waals surface area contributed by atoms with Crippen LogP contribution < -0.4 is 17.3 Å². The average molecular weight is 469 g/mol. The zero-order valence-corrected chi connectivity index (χ0v) is 20.6. The van der Waals surface area contributed by atoms with Gasteiger partial charge >= 0.3 is 0 Å². The number of nitrogens with zero attached hydrogens (tertiary/aromatic N) is 5. The van der Waals surface area contributed by atoms with Gasteiger partial charge in [0, 0.05) is 68.2 Å². The number of aliphatic imine (C=N–C) groups is 1. The fourth-order valence-corrected chi connectivity index (χ4v) is 4.74. The number of carbonyl (C=O) groups is 1. The molecule has 1 amide bonds. The summed E-state index contributed by atoms with van der Waals surface area (Å²) in [6.45, 7) is 13.4. The molecular formula is C25H40N8O. The van der Waals surface area contributed by atoms with Crippen LogP contribution in [0.4, 0.5) is 0 Å². The molecule has 1 unspecified atom stereocenters. The van der Waals surface area contributed by atoms with Crippen LogP contribution in [0.15, 0.2) is 58.1 Å². The van der Waals surface area contributed by atoms with E-state index in [4.69, 9.17) is 17.3 Å². The number of hydrogen-bond acceptors (Lipinski definition) is 7. The van der Waals surface area contributed by atoms with Crippen molar-refractivity contribution in [1.82, 2.24) is 14.7 Å². The Balaban J connectivity index is 1.47. The van der Waals surface area contributed by atoms with Gasteiger partial charge in [0.2, 0.25) is 5.91 Å². The predicted molar refractivity (Wildman–Crippen MR) is 139 cm³/mol. The number of allylic oxidation sites excluding steroid dienone is 5. The van der Waals surface area contributed by atoms with E-state index in [-0.39, 0.29) is 17.9 Å². The number of amidine groups is 1.